The Balaban J connectivity index is 3.60. The molecule has 0 aliphatic rings. The first kappa shape index (κ1) is 10.2. The summed E-state index contributed by atoms with van der Waals surface area (Å²) in [4.78, 5) is 6.46. The number of rotatable bonds is 3. The van der Waals surface area contributed by atoms with E-state index >= 15 is 0 Å². The van der Waals surface area contributed by atoms with E-state index in [1.54, 1.807) is 0 Å². The first-order valence-corrected chi connectivity index (χ1v) is 7.81. The van der Waals surface area contributed by atoms with Crippen molar-refractivity contribution >= 4 is 39.2 Å². The molecule has 0 aromatic rings. The molecule has 5 heteroatoms. The summed E-state index contributed by atoms with van der Waals surface area (Å²) < 4.78 is 0. The summed E-state index contributed by atoms with van der Waals surface area (Å²) >= 11 is 11.4. The Hall–Kier alpha value is 1.25. The summed E-state index contributed by atoms with van der Waals surface area (Å²) in [5, 5.41) is 0.373. The van der Waals surface area contributed by atoms with Crippen LogP contribution in [0.4, 0.5) is 0 Å². The minimum Gasteiger partial charge on any atom is -0.346 e. The summed E-state index contributed by atoms with van der Waals surface area (Å²) in [6.07, 6.45) is 0.996. The van der Waals surface area contributed by atoms with E-state index in [9.17, 15) is 0 Å². The fourth-order valence-corrected chi connectivity index (χ4v) is 5.21. The summed E-state index contributed by atoms with van der Waals surface area (Å²) in [5.41, 5.74) is 0. The first-order valence-electron chi connectivity index (χ1n) is 2.66. The quantitative estimate of drug-likeness (QED) is 0.714. The lowest BCUT2D eigenvalue weighted by atomic mass is 10.4. The second-order valence-electron chi connectivity index (χ2n) is 1.78. The van der Waals surface area contributed by atoms with Crippen LogP contribution in [0.1, 0.15) is 20.3 Å². The lowest BCUT2D eigenvalue weighted by Gasteiger charge is -2.10. The Kier molecular flexibility index (Phi) is 4.78. The molecule has 1 N–H and O–H groups in total. The Morgan fingerprint density at radius 1 is 1.89 bits per heavy atom. The van der Waals surface area contributed by atoms with Crippen LogP contribution in [0, 0.1) is 0 Å². The van der Waals surface area contributed by atoms with Crippen LogP contribution in [-0.4, -0.2) is 10.1 Å². The lowest BCUT2D eigenvalue weighted by molar-refractivity contribution is 0.652. The van der Waals surface area contributed by atoms with Gasteiger partial charge in [0.25, 0.3) is 0 Å². The van der Waals surface area contributed by atoms with Gasteiger partial charge in [0.15, 0.2) is 0 Å². The normalized spacial score (nSPS) is 20.9. The van der Waals surface area contributed by atoms with E-state index in [4.69, 9.17) is 16.1 Å². The number of hydrogen-bond acceptors (Lipinski definition) is 2. The highest BCUT2D eigenvalue weighted by Crippen LogP contribution is 2.61. The third kappa shape index (κ3) is 7.14. The lowest BCUT2D eigenvalue weighted by Crippen LogP contribution is -1.89. The van der Waals surface area contributed by atoms with Crippen LogP contribution < -0.4 is 0 Å². The fraction of sp³-hybridized carbons (Fsp3) is 1.00. The monoisotopic (exact) mass is 204 g/mol. The summed E-state index contributed by atoms with van der Waals surface area (Å²) in [7, 11) is 0. The van der Waals surface area contributed by atoms with Crippen molar-refractivity contribution in [3.63, 3.8) is 0 Å². The standard InChI is InChI=1S/C4H10ClOPS2/c1-3-4(2)9-7(5,6)8/h4H,3H2,1-2H3,(H,6,8). The Morgan fingerprint density at radius 2 is 2.33 bits per heavy atom. The highest BCUT2D eigenvalue weighted by molar-refractivity contribution is 8.76. The Bertz CT molecular complexity index is 124. The molecule has 0 aromatic heterocycles. The minimum atomic E-state index is -2.52. The first-order chi connectivity index (χ1) is 3.95. The number of hydrogen-bond donors (Lipinski definition) is 1. The van der Waals surface area contributed by atoms with Crippen LogP contribution in [0.3, 0.4) is 0 Å². The van der Waals surface area contributed by atoms with Crippen LogP contribution >= 0.6 is 27.4 Å². The molecular weight excluding hydrogens is 195 g/mol. The van der Waals surface area contributed by atoms with Gasteiger partial charge in [-0.3, -0.25) is 0 Å². The zero-order chi connectivity index (χ0) is 7.49. The van der Waals surface area contributed by atoms with Gasteiger partial charge in [-0.25, -0.2) is 0 Å². The van der Waals surface area contributed by atoms with Crippen molar-refractivity contribution in [1.82, 2.24) is 0 Å². The molecule has 1 nitrogen and oxygen atoms in total. The average molecular weight is 205 g/mol. The third-order valence-corrected chi connectivity index (χ3v) is 5.19. The topological polar surface area (TPSA) is 20.2 Å². The van der Waals surface area contributed by atoms with E-state index < -0.39 is 4.82 Å². The van der Waals surface area contributed by atoms with E-state index in [-0.39, 0.29) is 0 Å². The van der Waals surface area contributed by atoms with Crippen LogP contribution in [0.15, 0.2) is 0 Å². The van der Waals surface area contributed by atoms with E-state index in [1.807, 2.05) is 13.8 Å². The molecule has 0 fully saturated rings. The van der Waals surface area contributed by atoms with Gasteiger partial charge in [0, 0.05) is 5.25 Å². The Labute approximate surface area is 69.8 Å². The van der Waals surface area contributed by atoms with Gasteiger partial charge in [0.2, 0.25) is 4.82 Å². The minimum absolute atomic E-state index is 0.373. The maximum Gasteiger partial charge on any atom is 0.204 e. The third-order valence-electron chi connectivity index (χ3n) is 0.885. The van der Waals surface area contributed by atoms with Gasteiger partial charge in [0.05, 0.1) is 0 Å². The van der Waals surface area contributed by atoms with E-state index in [2.05, 4.69) is 11.8 Å². The molecule has 0 aliphatic carbocycles. The van der Waals surface area contributed by atoms with Crippen LogP contribution in [0.25, 0.3) is 0 Å². The maximum atomic E-state index is 8.97. The predicted octanol–water partition coefficient (Wildman–Crippen LogP) is 2.97. The van der Waals surface area contributed by atoms with Gasteiger partial charge in [-0.15, -0.1) is 0 Å². The van der Waals surface area contributed by atoms with Crippen molar-refractivity contribution < 1.29 is 4.89 Å². The molecule has 0 aliphatic heterocycles. The zero-order valence-corrected chi connectivity index (χ0v) is 8.66. The molecule has 0 radical (unpaired) electrons. The molecule has 0 saturated heterocycles. The molecule has 2 unspecified atom stereocenters. The van der Waals surface area contributed by atoms with Crippen LogP contribution in [0.2, 0.25) is 0 Å². The van der Waals surface area contributed by atoms with Crippen molar-refractivity contribution in [3.8, 4) is 0 Å². The van der Waals surface area contributed by atoms with Gasteiger partial charge < -0.3 is 4.89 Å². The molecule has 0 bridgehead atoms. The summed E-state index contributed by atoms with van der Waals surface area (Å²) in [6, 6.07) is 0. The molecule has 0 amide bonds. The molecule has 0 heterocycles. The second-order valence-corrected chi connectivity index (χ2v) is 10.9. The number of halogens is 1. The van der Waals surface area contributed by atoms with Crippen molar-refractivity contribution in [2.45, 2.75) is 25.5 Å². The van der Waals surface area contributed by atoms with Gasteiger partial charge >= 0.3 is 0 Å². The summed E-state index contributed by atoms with van der Waals surface area (Å²) in [6.45, 7) is 4.05. The predicted molar refractivity (Wildman–Crippen MR) is 49.7 cm³/mol. The van der Waals surface area contributed by atoms with Crippen LogP contribution in [-0.2, 0) is 11.8 Å². The van der Waals surface area contributed by atoms with E-state index in [0.29, 0.717) is 5.25 Å². The van der Waals surface area contributed by atoms with Gasteiger partial charge in [-0.2, -0.15) is 0 Å². The van der Waals surface area contributed by atoms with Gasteiger partial charge in [-0.05, 0) is 29.5 Å². The highest BCUT2D eigenvalue weighted by atomic mass is 35.7. The smallest absolute Gasteiger partial charge is 0.204 e. The SMILES string of the molecule is CCC(C)SP(O)(=S)Cl. The largest absolute Gasteiger partial charge is 0.346 e. The second kappa shape index (κ2) is 4.20. The van der Waals surface area contributed by atoms with Crippen molar-refractivity contribution in [1.29, 1.82) is 0 Å². The molecule has 0 saturated carbocycles. The fourth-order valence-electron chi connectivity index (χ4n) is 0.296. The maximum absolute atomic E-state index is 8.97. The molecular formula is C4H10ClOPS2. The van der Waals surface area contributed by atoms with Crippen molar-refractivity contribution in [2.75, 3.05) is 0 Å². The van der Waals surface area contributed by atoms with Crippen molar-refractivity contribution in [2.24, 2.45) is 0 Å². The zero-order valence-electron chi connectivity index (χ0n) is 5.37. The van der Waals surface area contributed by atoms with Gasteiger partial charge in [-0.1, -0.05) is 25.2 Å². The molecule has 9 heavy (non-hydrogen) atoms. The molecule has 0 rings (SSSR count). The average Bonchev–Trinajstić information content (AvgIpc) is 1.62. The Morgan fingerprint density at radius 3 is 2.44 bits per heavy atom. The molecule has 0 spiro atoms. The molecule has 56 valence electrons. The highest BCUT2D eigenvalue weighted by Gasteiger charge is 2.12. The van der Waals surface area contributed by atoms with Gasteiger partial charge in [0.1, 0.15) is 0 Å². The van der Waals surface area contributed by atoms with Crippen LogP contribution in [0.5, 0.6) is 0 Å². The molecule has 0 aromatic carbocycles. The van der Waals surface area contributed by atoms with Crippen molar-refractivity contribution in [3.05, 3.63) is 0 Å². The summed E-state index contributed by atoms with van der Waals surface area (Å²) in [5.74, 6) is 0. The van der Waals surface area contributed by atoms with E-state index in [0.717, 1.165) is 6.42 Å². The van der Waals surface area contributed by atoms with E-state index in [1.165, 1.54) is 11.4 Å². The molecule has 2 atom stereocenters.